The van der Waals surface area contributed by atoms with Gasteiger partial charge in [-0.2, -0.15) is 8.42 Å². The quantitative estimate of drug-likeness (QED) is 0.0395. The molecule has 56 heavy (non-hydrogen) atoms. The van der Waals surface area contributed by atoms with E-state index in [-0.39, 0.29) is 91.2 Å². The van der Waals surface area contributed by atoms with Crippen molar-refractivity contribution in [2.75, 3.05) is 36.9 Å². The van der Waals surface area contributed by atoms with Gasteiger partial charge in [-0.1, -0.05) is 40.4 Å². The minimum atomic E-state index is -5.01. The zero-order chi connectivity index (χ0) is 39.8. The van der Waals surface area contributed by atoms with Crippen LogP contribution in [0.3, 0.4) is 0 Å². The van der Waals surface area contributed by atoms with Gasteiger partial charge in [0.1, 0.15) is 9.79 Å². The number of aromatic amines is 1. The zero-order valence-electron chi connectivity index (χ0n) is 28.1. The molecule has 1 fully saturated rings. The van der Waals surface area contributed by atoms with Gasteiger partial charge >= 0.3 is 6.03 Å². The second-order valence-corrected chi connectivity index (χ2v) is 16.6. The molecule has 0 spiro atoms. The molecular formula is C33H26N4O15S4. The molecule has 1 saturated heterocycles. The number of carbonyl (C=O) groups excluding carboxylic acids is 2. The van der Waals surface area contributed by atoms with E-state index in [1.54, 1.807) is 12.1 Å². The molecule has 0 bridgehead atoms. The number of rotatable bonds is 12. The number of H-pyrrole nitrogens is 1. The average Bonchev–Trinajstić information content (AvgIpc) is 3.18. The molecular weight excluding hydrogens is 821 g/mol. The Balaban J connectivity index is 1.43. The summed E-state index contributed by atoms with van der Waals surface area (Å²) < 4.78 is 78.3. The summed E-state index contributed by atoms with van der Waals surface area (Å²) in [6.45, 7) is 0.852. The molecule has 1 aliphatic carbocycles. The molecule has 6 N–H and O–H groups in total. The van der Waals surface area contributed by atoms with Gasteiger partial charge in [0.15, 0.2) is 5.78 Å². The molecule has 292 valence electrons. The number of ether oxygens (including phenoxy) is 1. The highest BCUT2D eigenvalue weighted by atomic mass is 32.2. The van der Waals surface area contributed by atoms with E-state index < -0.39 is 47.1 Å². The van der Waals surface area contributed by atoms with Crippen LogP contribution in [0, 0.1) is 0 Å². The molecule has 2 aliphatic rings. The minimum absolute atomic E-state index is 0.0185. The van der Waals surface area contributed by atoms with Crippen LogP contribution in [0.4, 0.5) is 21.9 Å². The third-order valence-corrected chi connectivity index (χ3v) is 12.6. The maximum atomic E-state index is 14.4. The number of pyridine rings is 1. The monoisotopic (exact) mass is 846 g/mol. The molecule has 7 rings (SSSR count). The first kappa shape index (κ1) is 39.3. The first-order valence-electron chi connectivity index (χ1n) is 15.9. The number of nitrogens with zero attached hydrogens (tertiary/aromatic N) is 1. The standard InChI is InChI=1S/C33H26N4O15S4/c38-30-20-7-2-1-6-19(20)27-28-21(35-32(39)31(27)55(43,44)18-5-3-4-17(14-18)53-51-49-41)8-9-22(29(28)30)34-23-15-24(36-33(40)37-10-12-48-13-11-37)26(56(45,46)47)16-25(23)54-52-50-42/h1-9,14-16,34,41-42H,10-13H2,(H,35,39)(H,36,40)(H,45,46,47). The van der Waals surface area contributed by atoms with Crippen LogP contribution in [0.25, 0.3) is 22.0 Å². The van der Waals surface area contributed by atoms with Gasteiger partial charge in [-0.3, -0.25) is 14.1 Å². The smallest absolute Gasteiger partial charge is 0.322 e. The Bertz CT molecular complexity index is 2690. The van der Waals surface area contributed by atoms with Crippen LogP contribution in [0.2, 0.25) is 0 Å². The van der Waals surface area contributed by atoms with Crippen LogP contribution < -0.4 is 16.2 Å². The summed E-state index contributed by atoms with van der Waals surface area (Å²) in [6.07, 6.45) is 0. The van der Waals surface area contributed by atoms with Crippen molar-refractivity contribution >= 4 is 83.8 Å². The van der Waals surface area contributed by atoms with Crippen LogP contribution in [0.1, 0.15) is 15.9 Å². The number of hydrogen-bond acceptors (Lipinski definition) is 17. The number of sulfone groups is 1. The Morgan fingerprint density at radius 3 is 2.25 bits per heavy atom. The van der Waals surface area contributed by atoms with E-state index in [0.717, 1.165) is 12.1 Å². The van der Waals surface area contributed by atoms with Crippen molar-refractivity contribution in [1.82, 2.24) is 9.88 Å². The van der Waals surface area contributed by atoms with Gasteiger partial charge in [0, 0.05) is 40.0 Å². The van der Waals surface area contributed by atoms with Crippen molar-refractivity contribution in [3.05, 3.63) is 94.3 Å². The highest BCUT2D eigenvalue weighted by molar-refractivity contribution is 7.95. The lowest BCUT2D eigenvalue weighted by atomic mass is 9.83. The van der Waals surface area contributed by atoms with Gasteiger partial charge in [-0.25, -0.2) is 23.7 Å². The summed E-state index contributed by atoms with van der Waals surface area (Å²) in [5, 5.41) is 30.4. The van der Waals surface area contributed by atoms with Crippen molar-refractivity contribution in [2.24, 2.45) is 0 Å². The number of aromatic nitrogens is 1. The van der Waals surface area contributed by atoms with E-state index in [0.29, 0.717) is 24.1 Å². The molecule has 5 aromatic rings. The first-order chi connectivity index (χ1) is 26.8. The summed E-state index contributed by atoms with van der Waals surface area (Å²) in [7, 11) is -9.68. The molecule has 0 saturated carbocycles. The lowest BCUT2D eigenvalue weighted by Gasteiger charge is -2.27. The SMILES string of the molecule is O=C1c2ccccc2-c2c(S(=O)(=O)c3cccc(SOOO)c3)c(=O)[nH]c3ccc(Nc4cc(NC(=O)N5CCOCC5)c(S(=O)(=O)O)cc4SOOO)c1c23. The van der Waals surface area contributed by atoms with Crippen LogP contribution >= 0.6 is 24.1 Å². The minimum Gasteiger partial charge on any atom is -0.378 e. The topological polar surface area (TPSA) is 269 Å². The lowest BCUT2D eigenvalue weighted by Crippen LogP contribution is -2.43. The van der Waals surface area contributed by atoms with Crippen molar-refractivity contribution < 1.29 is 65.0 Å². The van der Waals surface area contributed by atoms with Crippen molar-refractivity contribution in [1.29, 1.82) is 0 Å². The van der Waals surface area contributed by atoms with E-state index >= 15 is 0 Å². The fourth-order valence-electron chi connectivity index (χ4n) is 6.32. The van der Waals surface area contributed by atoms with Gasteiger partial charge in [0.2, 0.25) is 9.84 Å². The van der Waals surface area contributed by atoms with E-state index in [9.17, 15) is 35.8 Å². The highest BCUT2D eigenvalue weighted by Gasteiger charge is 2.36. The molecule has 0 atom stereocenters. The molecule has 19 nitrogen and oxygen atoms in total. The number of amides is 2. The van der Waals surface area contributed by atoms with Gasteiger partial charge < -0.3 is 25.3 Å². The predicted molar refractivity (Wildman–Crippen MR) is 198 cm³/mol. The number of urea groups is 1. The van der Waals surface area contributed by atoms with Crippen LogP contribution in [-0.2, 0) is 43.4 Å². The van der Waals surface area contributed by atoms with E-state index in [1.807, 2.05) is 0 Å². The van der Waals surface area contributed by atoms with Crippen molar-refractivity contribution in [3.8, 4) is 11.1 Å². The number of morpholine rings is 1. The Morgan fingerprint density at radius 2 is 1.54 bits per heavy atom. The van der Waals surface area contributed by atoms with Crippen LogP contribution in [0.5, 0.6) is 0 Å². The zero-order valence-corrected chi connectivity index (χ0v) is 31.3. The summed E-state index contributed by atoms with van der Waals surface area (Å²) in [4.78, 5) is 43.6. The Labute approximate surface area is 324 Å². The second-order valence-electron chi connectivity index (χ2n) is 11.8. The number of anilines is 3. The number of fused-ring (bicyclic) bond motifs is 2. The summed E-state index contributed by atoms with van der Waals surface area (Å²) in [6, 6.07) is 15.5. The molecule has 2 amide bonds. The summed E-state index contributed by atoms with van der Waals surface area (Å²) >= 11 is 0.795. The molecule has 23 heteroatoms. The third kappa shape index (κ3) is 7.50. The fourth-order valence-corrected chi connectivity index (χ4v) is 9.56. The van der Waals surface area contributed by atoms with E-state index in [2.05, 4.69) is 34.4 Å². The Morgan fingerprint density at radius 1 is 0.821 bits per heavy atom. The fraction of sp³-hybridized carbons (Fsp3) is 0.121. The van der Waals surface area contributed by atoms with E-state index in [4.69, 9.17) is 15.3 Å². The molecule has 1 aliphatic heterocycles. The van der Waals surface area contributed by atoms with Crippen LogP contribution in [0.15, 0.2) is 102 Å². The maximum absolute atomic E-state index is 14.4. The number of carbonyl (C=O) groups is 2. The third-order valence-electron chi connectivity index (χ3n) is 8.67. The summed E-state index contributed by atoms with van der Waals surface area (Å²) in [5.74, 6) is -0.587. The van der Waals surface area contributed by atoms with Gasteiger partial charge in [-0.15, -0.1) is 8.67 Å². The number of hydrogen-bond donors (Lipinski definition) is 6. The van der Waals surface area contributed by atoms with Gasteiger partial charge in [0.05, 0.1) is 69.7 Å². The Kier molecular flexibility index (Phi) is 11.2. The summed E-state index contributed by atoms with van der Waals surface area (Å²) in [5.41, 5.74) is -1.31. The Hall–Kier alpha value is -4.89. The molecule has 4 aromatic carbocycles. The largest absolute Gasteiger partial charge is 0.378 e. The lowest BCUT2D eigenvalue weighted by molar-refractivity contribution is -0.432. The number of benzene rings is 4. The van der Waals surface area contributed by atoms with Gasteiger partial charge in [0.25, 0.3) is 15.7 Å². The number of nitrogens with one attached hydrogen (secondary N) is 3. The molecule has 2 heterocycles. The highest BCUT2D eigenvalue weighted by Crippen LogP contribution is 2.46. The molecule has 1 aromatic heterocycles. The van der Waals surface area contributed by atoms with Gasteiger partial charge in [-0.05, 0) is 48.0 Å². The molecule has 0 unspecified atom stereocenters. The van der Waals surface area contributed by atoms with Crippen LogP contribution in [-0.4, -0.2) is 79.9 Å². The maximum Gasteiger partial charge on any atom is 0.322 e. The predicted octanol–water partition coefficient (Wildman–Crippen LogP) is 5.28. The van der Waals surface area contributed by atoms with Crippen molar-refractivity contribution in [2.45, 2.75) is 24.5 Å². The normalized spacial score (nSPS) is 14.1. The van der Waals surface area contributed by atoms with Crippen molar-refractivity contribution in [3.63, 3.8) is 0 Å². The second kappa shape index (κ2) is 15.9. The molecule has 0 radical (unpaired) electrons. The first-order valence-corrected chi connectivity index (χ1v) is 20.3. The average molecular weight is 847 g/mol. The number of ketones is 1. The van der Waals surface area contributed by atoms with E-state index in [1.165, 1.54) is 53.4 Å².